The minimum absolute atomic E-state index is 0.292. The zero-order valence-corrected chi connectivity index (χ0v) is 11.4. The smallest absolute Gasteiger partial charge is 0.138 e. The number of rotatable bonds is 4. The van der Waals surface area contributed by atoms with E-state index in [2.05, 4.69) is 0 Å². The second-order valence-electron chi connectivity index (χ2n) is 4.42. The minimum atomic E-state index is -0.343. The van der Waals surface area contributed by atoms with Gasteiger partial charge in [0.2, 0.25) is 0 Å². The van der Waals surface area contributed by atoms with E-state index in [4.69, 9.17) is 16.3 Å². The molecule has 17 heavy (non-hydrogen) atoms. The molecule has 1 fully saturated rings. The fourth-order valence-corrected chi connectivity index (χ4v) is 3.23. The van der Waals surface area contributed by atoms with Crippen LogP contribution in [-0.4, -0.2) is 28.8 Å². The van der Waals surface area contributed by atoms with E-state index in [1.54, 1.807) is 6.92 Å². The fraction of sp³-hybridized carbons (Fsp3) is 0.538. The van der Waals surface area contributed by atoms with Gasteiger partial charge in [0.1, 0.15) is 11.9 Å². The first-order chi connectivity index (χ1) is 8.15. The van der Waals surface area contributed by atoms with Gasteiger partial charge in [-0.3, -0.25) is 0 Å². The van der Waals surface area contributed by atoms with E-state index in [0.29, 0.717) is 17.5 Å². The average molecular weight is 273 g/mol. The molecule has 1 aromatic carbocycles. The van der Waals surface area contributed by atoms with E-state index >= 15 is 0 Å². The highest BCUT2D eigenvalue weighted by Gasteiger charge is 2.18. The quantitative estimate of drug-likeness (QED) is 0.913. The van der Waals surface area contributed by atoms with E-state index < -0.39 is 0 Å². The molecule has 0 saturated carbocycles. The lowest BCUT2D eigenvalue weighted by Crippen LogP contribution is -2.15. The molecular formula is C13H17ClO2S. The summed E-state index contributed by atoms with van der Waals surface area (Å²) < 4.78 is 5.85. The van der Waals surface area contributed by atoms with Gasteiger partial charge in [-0.25, -0.2) is 0 Å². The summed E-state index contributed by atoms with van der Waals surface area (Å²) in [6, 6.07) is 5.75. The van der Waals surface area contributed by atoms with Crippen LogP contribution in [0.25, 0.3) is 0 Å². The van der Waals surface area contributed by atoms with Crippen LogP contribution in [0.1, 0.15) is 18.9 Å². The summed E-state index contributed by atoms with van der Waals surface area (Å²) in [5.74, 6) is 2.97. The molecule has 94 valence electrons. The zero-order chi connectivity index (χ0) is 12.3. The Hall–Kier alpha value is -0.380. The van der Waals surface area contributed by atoms with Crippen molar-refractivity contribution in [2.45, 2.75) is 32.0 Å². The summed E-state index contributed by atoms with van der Waals surface area (Å²) in [6.07, 6.45) is 1.67. The Morgan fingerprint density at radius 3 is 3.00 bits per heavy atom. The van der Waals surface area contributed by atoms with Crippen molar-refractivity contribution in [3.05, 3.63) is 28.8 Å². The normalized spacial score (nSPS) is 21.5. The molecule has 1 aromatic rings. The SMILES string of the molecule is CC(O)Cc1ccc(OC2CCSC2)c(Cl)c1. The van der Waals surface area contributed by atoms with E-state index in [-0.39, 0.29) is 6.10 Å². The Morgan fingerprint density at radius 1 is 1.59 bits per heavy atom. The first-order valence-electron chi connectivity index (χ1n) is 5.86. The number of hydrogen-bond donors (Lipinski definition) is 1. The lowest BCUT2D eigenvalue weighted by molar-refractivity contribution is 0.195. The monoisotopic (exact) mass is 272 g/mol. The molecule has 1 aliphatic rings. The molecule has 1 saturated heterocycles. The number of aliphatic hydroxyl groups excluding tert-OH is 1. The van der Waals surface area contributed by atoms with E-state index in [1.807, 2.05) is 30.0 Å². The molecule has 2 atom stereocenters. The highest BCUT2D eigenvalue weighted by molar-refractivity contribution is 7.99. The van der Waals surface area contributed by atoms with E-state index in [0.717, 1.165) is 23.5 Å². The minimum Gasteiger partial charge on any atom is -0.488 e. The Morgan fingerprint density at radius 2 is 2.41 bits per heavy atom. The summed E-state index contributed by atoms with van der Waals surface area (Å²) in [7, 11) is 0. The first-order valence-corrected chi connectivity index (χ1v) is 7.39. The van der Waals surface area contributed by atoms with Gasteiger partial charge in [0.25, 0.3) is 0 Å². The lowest BCUT2D eigenvalue weighted by Gasteiger charge is -2.14. The molecule has 2 nitrogen and oxygen atoms in total. The summed E-state index contributed by atoms with van der Waals surface area (Å²) in [5.41, 5.74) is 1.04. The fourth-order valence-electron chi connectivity index (χ4n) is 1.89. The van der Waals surface area contributed by atoms with Crippen LogP contribution in [0.4, 0.5) is 0 Å². The van der Waals surface area contributed by atoms with Crippen molar-refractivity contribution in [2.24, 2.45) is 0 Å². The third-order valence-corrected chi connectivity index (χ3v) is 4.14. The van der Waals surface area contributed by atoms with Crippen LogP contribution in [-0.2, 0) is 6.42 Å². The van der Waals surface area contributed by atoms with Crippen LogP contribution < -0.4 is 4.74 Å². The third kappa shape index (κ3) is 3.80. The molecule has 0 aromatic heterocycles. The van der Waals surface area contributed by atoms with Crippen molar-refractivity contribution < 1.29 is 9.84 Å². The summed E-state index contributed by atoms with van der Waals surface area (Å²) in [6.45, 7) is 1.77. The molecule has 0 spiro atoms. The van der Waals surface area contributed by atoms with Crippen molar-refractivity contribution in [1.82, 2.24) is 0 Å². The maximum absolute atomic E-state index is 9.32. The summed E-state index contributed by atoms with van der Waals surface area (Å²) in [4.78, 5) is 0. The maximum Gasteiger partial charge on any atom is 0.138 e. The van der Waals surface area contributed by atoms with Gasteiger partial charge in [0.15, 0.2) is 0 Å². The standard InChI is InChI=1S/C13H17ClO2S/c1-9(15)6-10-2-3-13(12(14)7-10)16-11-4-5-17-8-11/h2-3,7,9,11,15H,4-6,8H2,1H3. The predicted molar refractivity (Wildman–Crippen MR) is 73.2 cm³/mol. The van der Waals surface area contributed by atoms with Crippen LogP contribution in [0.3, 0.4) is 0 Å². The molecule has 2 unspecified atom stereocenters. The van der Waals surface area contributed by atoms with Crippen molar-refractivity contribution in [3.8, 4) is 5.75 Å². The van der Waals surface area contributed by atoms with Gasteiger partial charge in [0.05, 0.1) is 11.1 Å². The maximum atomic E-state index is 9.32. The van der Waals surface area contributed by atoms with Crippen LogP contribution in [0.15, 0.2) is 18.2 Å². The largest absolute Gasteiger partial charge is 0.488 e. The highest BCUT2D eigenvalue weighted by Crippen LogP contribution is 2.30. The van der Waals surface area contributed by atoms with Gasteiger partial charge in [-0.15, -0.1) is 0 Å². The van der Waals surface area contributed by atoms with E-state index in [1.165, 1.54) is 5.75 Å². The van der Waals surface area contributed by atoms with Crippen molar-refractivity contribution >= 4 is 23.4 Å². The molecule has 1 aliphatic heterocycles. The predicted octanol–water partition coefficient (Wildman–Crippen LogP) is 3.15. The van der Waals surface area contributed by atoms with Crippen LogP contribution in [0.2, 0.25) is 5.02 Å². The van der Waals surface area contributed by atoms with Gasteiger partial charge in [-0.05, 0) is 43.2 Å². The van der Waals surface area contributed by atoms with Crippen LogP contribution in [0, 0.1) is 0 Å². The Kier molecular flexibility index (Phi) is 4.60. The second-order valence-corrected chi connectivity index (χ2v) is 5.98. The molecule has 2 rings (SSSR count). The molecule has 0 bridgehead atoms. The molecule has 0 aliphatic carbocycles. The number of hydrogen-bond acceptors (Lipinski definition) is 3. The van der Waals surface area contributed by atoms with Gasteiger partial charge in [-0.2, -0.15) is 11.8 Å². The third-order valence-electron chi connectivity index (χ3n) is 2.71. The number of benzene rings is 1. The Bertz CT molecular complexity index is 376. The molecule has 4 heteroatoms. The van der Waals surface area contributed by atoms with Crippen molar-refractivity contribution in [3.63, 3.8) is 0 Å². The average Bonchev–Trinajstić information content (AvgIpc) is 2.74. The second kappa shape index (κ2) is 5.98. The van der Waals surface area contributed by atoms with Gasteiger partial charge < -0.3 is 9.84 Å². The van der Waals surface area contributed by atoms with Gasteiger partial charge in [-0.1, -0.05) is 17.7 Å². The van der Waals surface area contributed by atoms with E-state index in [9.17, 15) is 5.11 Å². The molecular weight excluding hydrogens is 256 g/mol. The van der Waals surface area contributed by atoms with Gasteiger partial charge >= 0.3 is 0 Å². The van der Waals surface area contributed by atoms with Crippen molar-refractivity contribution in [1.29, 1.82) is 0 Å². The van der Waals surface area contributed by atoms with Crippen LogP contribution in [0.5, 0.6) is 5.75 Å². The Balaban J connectivity index is 2.03. The molecule has 0 radical (unpaired) electrons. The van der Waals surface area contributed by atoms with Crippen LogP contribution >= 0.6 is 23.4 Å². The summed E-state index contributed by atoms with van der Waals surface area (Å²) >= 11 is 8.10. The number of aliphatic hydroxyl groups is 1. The Labute approximate surface area is 111 Å². The lowest BCUT2D eigenvalue weighted by atomic mass is 10.1. The number of halogens is 1. The first kappa shape index (κ1) is 13.1. The molecule has 0 amide bonds. The zero-order valence-electron chi connectivity index (χ0n) is 9.86. The van der Waals surface area contributed by atoms with Gasteiger partial charge in [0, 0.05) is 5.75 Å². The number of thioether (sulfide) groups is 1. The van der Waals surface area contributed by atoms with Crippen molar-refractivity contribution in [2.75, 3.05) is 11.5 Å². The molecule has 1 N–H and O–H groups in total. The topological polar surface area (TPSA) is 29.5 Å². The summed E-state index contributed by atoms with van der Waals surface area (Å²) in [5, 5.41) is 9.96. The number of ether oxygens (including phenoxy) is 1. The molecule has 1 heterocycles. The highest BCUT2D eigenvalue weighted by atomic mass is 35.5.